The maximum Gasteiger partial charge on any atom is 0.183 e. The molecule has 0 spiro atoms. The van der Waals surface area contributed by atoms with Crippen LogP contribution < -0.4 is 5.73 Å². The highest BCUT2D eigenvalue weighted by Crippen LogP contribution is 2.26. The molecular weight excluding hydrogens is 190 g/mol. The number of hydrogen-bond donors (Lipinski definition) is 2. The third-order valence-electron chi connectivity index (χ3n) is 2.84. The molecule has 0 saturated heterocycles. The van der Waals surface area contributed by atoms with Crippen LogP contribution in [0.25, 0.3) is 11.2 Å². The summed E-state index contributed by atoms with van der Waals surface area (Å²) in [5.74, 6) is 1.36. The van der Waals surface area contributed by atoms with Crippen molar-refractivity contribution in [3.63, 3.8) is 0 Å². The minimum atomic E-state index is 0.00708. The molecule has 5 heteroatoms. The molecule has 2 rings (SSSR count). The number of aromatic nitrogens is 4. The lowest BCUT2D eigenvalue weighted by Gasteiger charge is -2.18. The molecule has 0 saturated carbocycles. The molecule has 5 nitrogen and oxygen atoms in total. The van der Waals surface area contributed by atoms with Crippen LogP contribution in [-0.4, -0.2) is 19.9 Å². The number of anilines is 1. The number of hydrogen-bond acceptors (Lipinski definition) is 4. The van der Waals surface area contributed by atoms with Crippen molar-refractivity contribution >= 4 is 17.0 Å². The second-order valence-corrected chi connectivity index (χ2v) is 4.28. The standard InChI is InChI=1S/C10H15N5/c1-4-10(2,3)9-14-6-7(11)12-5-13-8(6)15-9/h5H,4H2,1-3H3,(H3,11,12,13,14,15). The third-order valence-corrected chi connectivity index (χ3v) is 2.84. The lowest BCUT2D eigenvalue weighted by Crippen LogP contribution is -2.17. The van der Waals surface area contributed by atoms with E-state index in [9.17, 15) is 0 Å². The van der Waals surface area contributed by atoms with Crippen molar-refractivity contribution in [3.8, 4) is 0 Å². The Hall–Kier alpha value is -1.65. The molecular formula is C10H15N5. The SMILES string of the molecule is CCC(C)(C)c1nc2ncnc(N)c2[nH]1. The summed E-state index contributed by atoms with van der Waals surface area (Å²) in [6.45, 7) is 6.39. The highest BCUT2D eigenvalue weighted by atomic mass is 15.1. The van der Waals surface area contributed by atoms with Gasteiger partial charge in [-0.25, -0.2) is 15.0 Å². The highest BCUT2D eigenvalue weighted by molar-refractivity contribution is 5.81. The van der Waals surface area contributed by atoms with Gasteiger partial charge in [-0.05, 0) is 6.42 Å². The fraction of sp³-hybridized carbons (Fsp3) is 0.500. The quantitative estimate of drug-likeness (QED) is 0.780. The maximum atomic E-state index is 5.73. The number of fused-ring (bicyclic) bond motifs is 1. The van der Waals surface area contributed by atoms with Gasteiger partial charge in [0.25, 0.3) is 0 Å². The van der Waals surface area contributed by atoms with Crippen LogP contribution in [0.2, 0.25) is 0 Å². The molecule has 15 heavy (non-hydrogen) atoms. The first-order valence-electron chi connectivity index (χ1n) is 5.01. The van der Waals surface area contributed by atoms with Gasteiger partial charge in [0.1, 0.15) is 17.7 Å². The predicted octanol–water partition coefficient (Wildman–Crippen LogP) is 1.62. The number of nitrogens with one attached hydrogen (secondary N) is 1. The van der Waals surface area contributed by atoms with Gasteiger partial charge in [-0.15, -0.1) is 0 Å². The van der Waals surface area contributed by atoms with E-state index < -0.39 is 0 Å². The number of imidazole rings is 1. The summed E-state index contributed by atoms with van der Waals surface area (Å²) in [7, 11) is 0. The number of nitrogens with two attached hydrogens (primary N) is 1. The average Bonchev–Trinajstić information content (AvgIpc) is 2.64. The summed E-state index contributed by atoms with van der Waals surface area (Å²) in [6.07, 6.45) is 2.43. The van der Waals surface area contributed by atoms with E-state index in [0.717, 1.165) is 17.8 Å². The molecule has 0 unspecified atom stereocenters. The van der Waals surface area contributed by atoms with Crippen LogP contribution in [-0.2, 0) is 5.41 Å². The zero-order valence-corrected chi connectivity index (χ0v) is 9.20. The summed E-state index contributed by atoms with van der Waals surface area (Å²) in [5.41, 5.74) is 7.11. The summed E-state index contributed by atoms with van der Waals surface area (Å²) in [4.78, 5) is 15.6. The van der Waals surface area contributed by atoms with Crippen molar-refractivity contribution in [2.24, 2.45) is 0 Å². The number of nitrogens with zero attached hydrogens (tertiary/aromatic N) is 3. The van der Waals surface area contributed by atoms with E-state index in [4.69, 9.17) is 5.73 Å². The van der Waals surface area contributed by atoms with Gasteiger partial charge in [-0.3, -0.25) is 0 Å². The van der Waals surface area contributed by atoms with Gasteiger partial charge in [-0.1, -0.05) is 20.8 Å². The molecule has 0 aromatic carbocycles. The van der Waals surface area contributed by atoms with Crippen molar-refractivity contribution in [1.29, 1.82) is 0 Å². The second kappa shape index (κ2) is 3.18. The summed E-state index contributed by atoms with van der Waals surface area (Å²) < 4.78 is 0. The van der Waals surface area contributed by atoms with Crippen molar-refractivity contribution in [2.75, 3.05) is 5.73 Å². The molecule has 3 N–H and O–H groups in total. The van der Waals surface area contributed by atoms with Crippen molar-refractivity contribution in [2.45, 2.75) is 32.6 Å². The predicted molar refractivity (Wildman–Crippen MR) is 59.4 cm³/mol. The molecule has 0 aliphatic heterocycles. The summed E-state index contributed by atoms with van der Waals surface area (Å²) >= 11 is 0. The Bertz CT molecular complexity index is 486. The summed E-state index contributed by atoms with van der Waals surface area (Å²) in [6, 6.07) is 0. The fourth-order valence-electron chi connectivity index (χ4n) is 1.33. The number of nitrogen functional groups attached to an aromatic ring is 1. The minimum Gasteiger partial charge on any atom is -0.382 e. The Kier molecular flexibility index (Phi) is 2.10. The van der Waals surface area contributed by atoms with Gasteiger partial charge in [0.2, 0.25) is 0 Å². The first-order chi connectivity index (χ1) is 7.04. The fourth-order valence-corrected chi connectivity index (χ4v) is 1.33. The monoisotopic (exact) mass is 205 g/mol. The topological polar surface area (TPSA) is 80.5 Å². The van der Waals surface area contributed by atoms with Gasteiger partial charge in [0.05, 0.1) is 0 Å². The Morgan fingerprint density at radius 2 is 2.13 bits per heavy atom. The number of aromatic amines is 1. The zero-order valence-electron chi connectivity index (χ0n) is 9.20. The minimum absolute atomic E-state index is 0.00708. The van der Waals surface area contributed by atoms with Crippen LogP contribution in [0.4, 0.5) is 5.82 Å². The highest BCUT2D eigenvalue weighted by Gasteiger charge is 2.23. The molecule has 80 valence electrons. The normalized spacial score (nSPS) is 12.2. The summed E-state index contributed by atoms with van der Waals surface area (Å²) in [5, 5.41) is 0. The first kappa shape index (κ1) is 9.89. The van der Waals surface area contributed by atoms with E-state index in [1.807, 2.05) is 0 Å². The van der Waals surface area contributed by atoms with E-state index in [0.29, 0.717) is 11.5 Å². The van der Waals surface area contributed by atoms with Crippen LogP contribution >= 0.6 is 0 Å². The third kappa shape index (κ3) is 1.54. The molecule has 2 aromatic heterocycles. The molecule has 0 aliphatic carbocycles. The van der Waals surface area contributed by atoms with Crippen LogP contribution in [0, 0.1) is 0 Å². The average molecular weight is 205 g/mol. The lowest BCUT2D eigenvalue weighted by molar-refractivity contribution is 0.479. The molecule has 0 radical (unpaired) electrons. The zero-order chi connectivity index (χ0) is 11.1. The van der Waals surface area contributed by atoms with Gasteiger partial charge in [0.15, 0.2) is 11.5 Å². The Morgan fingerprint density at radius 3 is 2.73 bits per heavy atom. The largest absolute Gasteiger partial charge is 0.382 e. The number of rotatable bonds is 2. The second-order valence-electron chi connectivity index (χ2n) is 4.28. The molecule has 0 bridgehead atoms. The van der Waals surface area contributed by atoms with Crippen molar-refractivity contribution < 1.29 is 0 Å². The van der Waals surface area contributed by atoms with Gasteiger partial charge in [-0.2, -0.15) is 0 Å². The van der Waals surface area contributed by atoms with E-state index in [-0.39, 0.29) is 5.41 Å². The van der Waals surface area contributed by atoms with Crippen LogP contribution in [0.1, 0.15) is 33.0 Å². The molecule has 0 fully saturated rings. The molecule has 0 aliphatic rings. The molecule has 2 heterocycles. The smallest absolute Gasteiger partial charge is 0.183 e. The van der Waals surface area contributed by atoms with E-state index >= 15 is 0 Å². The van der Waals surface area contributed by atoms with Crippen LogP contribution in [0.3, 0.4) is 0 Å². The first-order valence-corrected chi connectivity index (χ1v) is 5.01. The number of H-pyrrole nitrogens is 1. The lowest BCUT2D eigenvalue weighted by atomic mass is 9.90. The van der Waals surface area contributed by atoms with Gasteiger partial charge < -0.3 is 10.7 Å². The maximum absolute atomic E-state index is 5.73. The molecule has 2 aromatic rings. The van der Waals surface area contributed by atoms with Crippen molar-refractivity contribution in [3.05, 3.63) is 12.2 Å². The van der Waals surface area contributed by atoms with Crippen molar-refractivity contribution in [1.82, 2.24) is 19.9 Å². The van der Waals surface area contributed by atoms with E-state index in [2.05, 4.69) is 40.7 Å². The van der Waals surface area contributed by atoms with Gasteiger partial charge >= 0.3 is 0 Å². The van der Waals surface area contributed by atoms with E-state index in [1.54, 1.807) is 0 Å². The van der Waals surface area contributed by atoms with Crippen LogP contribution in [0.5, 0.6) is 0 Å². The van der Waals surface area contributed by atoms with Gasteiger partial charge in [0, 0.05) is 5.41 Å². The van der Waals surface area contributed by atoms with E-state index in [1.165, 1.54) is 6.33 Å². The molecule has 0 atom stereocenters. The Balaban J connectivity index is 2.62. The molecule has 0 amide bonds. The van der Waals surface area contributed by atoms with Crippen LogP contribution in [0.15, 0.2) is 6.33 Å². The Labute approximate surface area is 88.1 Å². The Morgan fingerprint density at radius 1 is 1.40 bits per heavy atom.